The summed E-state index contributed by atoms with van der Waals surface area (Å²) < 4.78 is 4.90. The van der Waals surface area contributed by atoms with Crippen LogP contribution in [0.15, 0.2) is 170 Å². The Morgan fingerprint density at radius 1 is 0.304 bits per heavy atom. The highest BCUT2D eigenvalue weighted by molar-refractivity contribution is 6.29. The van der Waals surface area contributed by atoms with Crippen LogP contribution < -0.4 is 0 Å². The van der Waals surface area contributed by atoms with E-state index in [-0.39, 0.29) is 0 Å². The van der Waals surface area contributed by atoms with Gasteiger partial charge in [0, 0.05) is 32.9 Å². The fraction of sp³-hybridized carbons (Fsp3) is 0. The van der Waals surface area contributed by atoms with Gasteiger partial charge < -0.3 is 9.13 Å². The van der Waals surface area contributed by atoms with Crippen LogP contribution in [0.5, 0.6) is 0 Å². The van der Waals surface area contributed by atoms with Crippen LogP contribution in [0.3, 0.4) is 0 Å². The van der Waals surface area contributed by atoms with Crippen LogP contribution in [-0.4, -0.2) is 9.13 Å². The second-order valence-electron chi connectivity index (χ2n) is 12.2. The summed E-state index contributed by atoms with van der Waals surface area (Å²) in [5.41, 5.74) is 9.67. The topological polar surface area (TPSA) is 9.86 Å². The molecule has 2 heteroatoms. The van der Waals surface area contributed by atoms with Crippen molar-refractivity contribution in [1.29, 1.82) is 0 Å². The molecule has 10 aromatic rings. The zero-order chi connectivity index (χ0) is 30.2. The molecule has 0 N–H and O–H groups in total. The molecule has 8 aromatic carbocycles. The molecule has 0 aliphatic rings. The largest absolute Gasteiger partial charge is 0.309 e. The molecule has 0 radical (unpaired) electrons. The van der Waals surface area contributed by atoms with Gasteiger partial charge in [0.25, 0.3) is 0 Å². The van der Waals surface area contributed by atoms with Gasteiger partial charge in [-0.05, 0) is 81.2 Å². The van der Waals surface area contributed by atoms with Gasteiger partial charge in [-0.1, -0.05) is 121 Å². The first-order valence-electron chi connectivity index (χ1n) is 15.9. The van der Waals surface area contributed by atoms with Crippen molar-refractivity contribution in [2.24, 2.45) is 0 Å². The first-order valence-corrected chi connectivity index (χ1v) is 15.9. The van der Waals surface area contributed by atoms with Gasteiger partial charge in [-0.25, -0.2) is 0 Å². The normalized spacial score (nSPS) is 11.9. The van der Waals surface area contributed by atoms with Crippen LogP contribution in [-0.2, 0) is 0 Å². The molecule has 0 atom stereocenters. The third kappa shape index (κ3) is 3.59. The van der Waals surface area contributed by atoms with Gasteiger partial charge >= 0.3 is 0 Å². The SMILES string of the molecule is c1ccc(-c2cc(-n3c4ccccc4c4c5c6ccccc6n(-c6ccc7ccccc7c6)c5ccc43)cc3ccccc23)cc1. The summed E-state index contributed by atoms with van der Waals surface area (Å²) in [4.78, 5) is 0. The minimum Gasteiger partial charge on any atom is -0.309 e. The summed E-state index contributed by atoms with van der Waals surface area (Å²) in [6.45, 7) is 0. The number of para-hydroxylation sites is 2. The maximum absolute atomic E-state index is 2.46. The van der Waals surface area contributed by atoms with Gasteiger partial charge in [-0.2, -0.15) is 0 Å². The molecule has 10 rings (SSSR count). The van der Waals surface area contributed by atoms with E-state index in [2.05, 4.69) is 179 Å². The van der Waals surface area contributed by atoms with E-state index in [1.165, 1.54) is 87.7 Å². The lowest BCUT2D eigenvalue weighted by Crippen LogP contribution is -1.96. The van der Waals surface area contributed by atoms with Crippen molar-refractivity contribution in [2.45, 2.75) is 0 Å². The van der Waals surface area contributed by atoms with E-state index in [9.17, 15) is 0 Å². The van der Waals surface area contributed by atoms with Gasteiger partial charge in [0.2, 0.25) is 0 Å². The second kappa shape index (κ2) is 9.69. The van der Waals surface area contributed by atoms with Crippen molar-refractivity contribution >= 4 is 65.2 Å². The number of hydrogen-bond acceptors (Lipinski definition) is 0. The van der Waals surface area contributed by atoms with Gasteiger partial charge in [-0.15, -0.1) is 0 Å². The van der Waals surface area contributed by atoms with Crippen molar-refractivity contribution in [3.8, 4) is 22.5 Å². The smallest absolute Gasteiger partial charge is 0.0548 e. The van der Waals surface area contributed by atoms with Crippen molar-refractivity contribution in [2.75, 3.05) is 0 Å². The van der Waals surface area contributed by atoms with E-state index >= 15 is 0 Å². The number of fused-ring (bicyclic) bond motifs is 9. The van der Waals surface area contributed by atoms with Crippen LogP contribution in [0.4, 0.5) is 0 Å². The average Bonchev–Trinajstić information content (AvgIpc) is 3.64. The van der Waals surface area contributed by atoms with Crippen molar-refractivity contribution < 1.29 is 0 Å². The molecule has 2 nitrogen and oxygen atoms in total. The first kappa shape index (κ1) is 25.2. The van der Waals surface area contributed by atoms with Crippen LogP contribution in [0.25, 0.3) is 87.7 Å². The molecule has 0 unspecified atom stereocenters. The molecule has 214 valence electrons. The fourth-order valence-electron chi connectivity index (χ4n) is 7.67. The molecule has 0 fully saturated rings. The van der Waals surface area contributed by atoms with Crippen LogP contribution in [0.2, 0.25) is 0 Å². The third-order valence-electron chi connectivity index (χ3n) is 9.65. The summed E-state index contributed by atoms with van der Waals surface area (Å²) >= 11 is 0. The molecule has 0 amide bonds. The molecule has 0 saturated heterocycles. The Kier molecular flexibility index (Phi) is 5.31. The lowest BCUT2D eigenvalue weighted by atomic mass is 9.97. The highest BCUT2D eigenvalue weighted by atomic mass is 15.0. The Hall–Kier alpha value is -6.12. The van der Waals surface area contributed by atoms with E-state index in [1.807, 2.05) is 0 Å². The minimum atomic E-state index is 1.17. The molecule has 0 saturated carbocycles. The van der Waals surface area contributed by atoms with E-state index in [4.69, 9.17) is 0 Å². The second-order valence-corrected chi connectivity index (χ2v) is 12.2. The third-order valence-corrected chi connectivity index (χ3v) is 9.65. The Balaban J connectivity index is 1.33. The van der Waals surface area contributed by atoms with E-state index in [0.29, 0.717) is 0 Å². The number of benzene rings is 8. The predicted octanol–water partition coefficient (Wildman–Crippen LogP) is 11.9. The zero-order valence-electron chi connectivity index (χ0n) is 25.1. The highest BCUT2D eigenvalue weighted by Crippen LogP contribution is 2.43. The molecule has 0 aliphatic carbocycles. The Morgan fingerprint density at radius 2 is 0.826 bits per heavy atom. The summed E-state index contributed by atoms with van der Waals surface area (Å²) in [5, 5.41) is 10.1. The summed E-state index contributed by atoms with van der Waals surface area (Å²) in [5.74, 6) is 0. The number of nitrogens with zero attached hydrogens (tertiary/aromatic N) is 2. The van der Waals surface area contributed by atoms with E-state index < -0.39 is 0 Å². The predicted molar refractivity (Wildman–Crippen MR) is 196 cm³/mol. The Bertz CT molecular complexity index is 2800. The van der Waals surface area contributed by atoms with Gasteiger partial charge in [0.1, 0.15) is 0 Å². The lowest BCUT2D eigenvalue weighted by molar-refractivity contribution is 1.18. The maximum atomic E-state index is 2.46. The minimum absolute atomic E-state index is 1.17. The van der Waals surface area contributed by atoms with Crippen LogP contribution in [0.1, 0.15) is 0 Å². The molecule has 2 aromatic heterocycles. The van der Waals surface area contributed by atoms with Crippen LogP contribution in [0, 0.1) is 0 Å². The maximum Gasteiger partial charge on any atom is 0.0548 e. The van der Waals surface area contributed by atoms with Crippen molar-refractivity contribution in [1.82, 2.24) is 9.13 Å². The number of aromatic nitrogens is 2. The van der Waals surface area contributed by atoms with Gasteiger partial charge in [-0.3, -0.25) is 0 Å². The molecule has 0 spiro atoms. The molecule has 46 heavy (non-hydrogen) atoms. The molecule has 0 bridgehead atoms. The van der Waals surface area contributed by atoms with E-state index in [0.717, 1.165) is 0 Å². The molecular weight excluding hydrogens is 556 g/mol. The summed E-state index contributed by atoms with van der Waals surface area (Å²) in [6.07, 6.45) is 0. The first-order chi connectivity index (χ1) is 22.8. The van der Waals surface area contributed by atoms with Crippen molar-refractivity contribution in [3.63, 3.8) is 0 Å². The zero-order valence-corrected chi connectivity index (χ0v) is 25.1. The quantitative estimate of drug-likeness (QED) is 0.195. The number of hydrogen-bond donors (Lipinski definition) is 0. The molecular formula is C44H28N2. The molecule has 0 aliphatic heterocycles. The van der Waals surface area contributed by atoms with Gasteiger partial charge in [0.05, 0.1) is 22.1 Å². The number of rotatable bonds is 3. The van der Waals surface area contributed by atoms with Crippen molar-refractivity contribution in [3.05, 3.63) is 170 Å². The lowest BCUT2D eigenvalue weighted by Gasteiger charge is -2.14. The Labute approximate surface area is 266 Å². The summed E-state index contributed by atoms with van der Waals surface area (Å²) in [6, 6.07) is 62.0. The Morgan fingerprint density at radius 3 is 1.52 bits per heavy atom. The monoisotopic (exact) mass is 584 g/mol. The standard InChI is InChI=1S/C44H28N2/c1-2-13-30(14-3-1)38-28-34(27-32-16-6-7-17-35(32)38)46-40-21-11-9-19-37(40)44-42(46)25-24-41-43(44)36-18-8-10-20-39(36)45(41)33-23-22-29-12-4-5-15-31(29)26-33/h1-28H. The fourth-order valence-corrected chi connectivity index (χ4v) is 7.67. The van der Waals surface area contributed by atoms with E-state index in [1.54, 1.807) is 0 Å². The average molecular weight is 585 g/mol. The van der Waals surface area contributed by atoms with Crippen LogP contribution >= 0.6 is 0 Å². The highest BCUT2D eigenvalue weighted by Gasteiger charge is 2.21. The van der Waals surface area contributed by atoms with Gasteiger partial charge in [0.15, 0.2) is 0 Å². The summed E-state index contributed by atoms with van der Waals surface area (Å²) in [7, 11) is 0. The molecule has 2 heterocycles.